The molecule has 2 aromatic heterocycles. The Morgan fingerprint density at radius 1 is 1.14 bits per heavy atom. The Labute approximate surface area is 130 Å². The van der Waals surface area contributed by atoms with Gasteiger partial charge in [0.15, 0.2) is 0 Å². The first kappa shape index (κ1) is 13.4. The number of H-pyrrole nitrogens is 1. The molecule has 0 unspecified atom stereocenters. The summed E-state index contributed by atoms with van der Waals surface area (Å²) in [6.07, 6.45) is 6.20. The second kappa shape index (κ2) is 5.50. The van der Waals surface area contributed by atoms with Crippen molar-refractivity contribution in [3.8, 4) is 0 Å². The van der Waals surface area contributed by atoms with Crippen LogP contribution < -0.4 is 4.90 Å². The summed E-state index contributed by atoms with van der Waals surface area (Å²) in [5, 5.41) is 5.61. The normalized spacial score (nSPS) is 16.5. The predicted molar refractivity (Wildman–Crippen MR) is 89.0 cm³/mol. The fraction of sp³-hybridized carbons (Fsp3) is 0.353. The summed E-state index contributed by atoms with van der Waals surface area (Å²) in [6.45, 7) is 5.33. The van der Waals surface area contributed by atoms with Crippen LogP contribution in [0.15, 0.2) is 42.9 Å². The van der Waals surface area contributed by atoms with Crippen molar-refractivity contribution in [3.05, 3.63) is 48.4 Å². The van der Waals surface area contributed by atoms with E-state index in [1.807, 2.05) is 17.9 Å². The third kappa shape index (κ3) is 2.48. The summed E-state index contributed by atoms with van der Waals surface area (Å²) < 4.78 is 1.87. The van der Waals surface area contributed by atoms with Crippen LogP contribution in [0.2, 0.25) is 0 Å². The minimum atomic E-state index is 1.02. The lowest BCUT2D eigenvalue weighted by atomic mass is 10.1. The second-order valence-electron chi connectivity index (χ2n) is 5.99. The van der Waals surface area contributed by atoms with E-state index in [2.05, 4.69) is 56.5 Å². The Morgan fingerprint density at radius 2 is 1.95 bits per heavy atom. The standard InChI is InChI=1S/C17H21N5/c1-20-13-15(11-19-20)22-8-6-21(7-9-22)12-14-10-18-17-5-3-2-4-16(14)17/h2-5,10-11,13,18H,6-9,12H2,1H3. The van der Waals surface area contributed by atoms with Crippen LogP contribution >= 0.6 is 0 Å². The van der Waals surface area contributed by atoms with Gasteiger partial charge < -0.3 is 9.88 Å². The van der Waals surface area contributed by atoms with Crippen LogP contribution in [0.4, 0.5) is 5.69 Å². The molecule has 0 aliphatic carbocycles. The van der Waals surface area contributed by atoms with Crippen LogP contribution in [-0.2, 0) is 13.6 Å². The van der Waals surface area contributed by atoms with Gasteiger partial charge >= 0.3 is 0 Å². The number of aromatic amines is 1. The van der Waals surface area contributed by atoms with Gasteiger partial charge in [-0.3, -0.25) is 9.58 Å². The highest BCUT2D eigenvalue weighted by Crippen LogP contribution is 2.21. The van der Waals surface area contributed by atoms with Crippen LogP contribution in [0, 0.1) is 0 Å². The third-order valence-corrected chi connectivity index (χ3v) is 4.50. The van der Waals surface area contributed by atoms with Gasteiger partial charge in [0.25, 0.3) is 0 Å². The quantitative estimate of drug-likeness (QED) is 0.805. The van der Waals surface area contributed by atoms with Crippen LogP contribution in [-0.4, -0.2) is 45.8 Å². The number of para-hydroxylation sites is 1. The zero-order valence-corrected chi connectivity index (χ0v) is 12.9. The smallest absolute Gasteiger partial charge is 0.0753 e. The molecule has 22 heavy (non-hydrogen) atoms. The number of hydrogen-bond donors (Lipinski definition) is 1. The number of benzene rings is 1. The van der Waals surface area contributed by atoms with E-state index < -0.39 is 0 Å². The Bertz CT molecular complexity index is 764. The molecule has 3 heterocycles. The zero-order chi connectivity index (χ0) is 14.9. The molecule has 5 heteroatoms. The number of hydrogen-bond acceptors (Lipinski definition) is 3. The first-order valence-corrected chi connectivity index (χ1v) is 7.80. The maximum absolute atomic E-state index is 4.26. The lowest BCUT2D eigenvalue weighted by molar-refractivity contribution is 0.250. The van der Waals surface area contributed by atoms with E-state index in [0.29, 0.717) is 0 Å². The van der Waals surface area contributed by atoms with E-state index in [-0.39, 0.29) is 0 Å². The van der Waals surface area contributed by atoms with Crippen LogP contribution in [0.25, 0.3) is 10.9 Å². The average Bonchev–Trinajstić information content (AvgIpc) is 3.15. The average molecular weight is 295 g/mol. The van der Waals surface area contributed by atoms with Gasteiger partial charge in [-0.15, -0.1) is 0 Å². The molecule has 0 bridgehead atoms. The zero-order valence-electron chi connectivity index (χ0n) is 12.9. The van der Waals surface area contributed by atoms with Gasteiger partial charge in [-0.1, -0.05) is 18.2 Å². The predicted octanol–water partition coefficient (Wildman–Crippen LogP) is 2.22. The van der Waals surface area contributed by atoms with E-state index >= 15 is 0 Å². The van der Waals surface area contributed by atoms with Crippen molar-refractivity contribution in [3.63, 3.8) is 0 Å². The Hall–Kier alpha value is -2.27. The van der Waals surface area contributed by atoms with Crippen molar-refractivity contribution in [2.45, 2.75) is 6.54 Å². The SMILES string of the molecule is Cn1cc(N2CCN(Cc3c[nH]c4ccccc34)CC2)cn1. The van der Waals surface area contributed by atoms with Crippen molar-refractivity contribution < 1.29 is 0 Å². The molecule has 4 rings (SSSR count). The van der Waals surface area contributed by atoms with Crippen molar-refractivity contribution in [1.29, 1.82) is 0 Å². The number of aryl methyl sites for hydroxylation is 1. The number of fused-ring (bicyclic) bond motifs is 1. The summed E-state index contributed by atoms with van der Waals surface area (Å²) in [5.74, 6) is 0. The summed E-state index contributed by atoms with van der Waals surface area (Å²) in [7, 11) is 1.97. The Morgan fingerprint density at radius 3 is 2.73 bits per heavy atom. The molecule has 1 N–H and O–H groups in total. The van der Waals surface area contributed by atoms with Crippen molar-refractivity contribution in [2.24, 2.45) is 7.05 Å². The van der Waals surface area contributed by atoms with Gasteiger partial charge in [0.1, 0.15) is 0 Å². The molecular weight excluding hydrogens is 274 g/mol. The number of piperazine rings is 1. The van der Waals surface area contributed by atoms with Crippen LogP contribution in [0.3, 0.4) is 0 Å². The number of nitrogens with zero attached hydrogens (tertiary/aromatic N) is 4. The lowest BCUT2D eigenvalue weighted by Gasteiger charge is -2.35. The lowest BCUT2D eigenvalue weighted by Crippen LogP contribution is -2.45. The van der Waals surface area contributed by atoms with E-state index in [9.17, 15) is 0 Å². The summed E-state index contributed by atoms with van der Waals surface area (Å²) in [5.41, 5.74) is 3.85. The Balaban J connectivity index is 1.42. The minimum Gasteiger partial charge on any atom is -0.366 e. The van der Waals surface area contributed by atoms with Gasteiger partial charge in [-0.2, -0.15) is 5.10 Å². The molecule has 5 nitrogen and oxygen atoms in total. The molecule has 1 aliphatic heterocycles. The molecule has 0 amide bonds. The fourth-order valence-corrected chi connectivity index (χ4v) is 3.24. The molecule has 0 atom stereocenters. The largest absolute Gasteiger partial charge is 0.366 e. The van der Waals surface area contributed by atoms with E-state index in [1.165, 1.54) is 22.2 Å². The third-order valence-electron chi connectivity index (χ3n) is 4.50. The van der Waals surface area contributed by atoms with Crippen molar-refractivity contribution in [2.75, 3.05) is 31.1 Å². The molecular formula is C17H21N5. The molecule has 1 aliphatic rings. The topological polar surface area (TPSA) is 40.1 Å². The van der Waals surface area contributed by atoms with Gasteiger partial charge in [0.2, 0.25) is 0 Å². The molecule has 1 saturated heterocycles. The highest BCUT2D eigenvalue weighted by Gasteiger charge is 2.19. The number of rotatable bonds is 3. The maximum atomic E-state index is 4.26. The number of nitrogens with one attached hydrogen (secondary N) is 1. The fourth-order valence-electron chi connectivity index (χ4n) is 3.24. The summed E-state index contributed by atoms with van der Waals surface area (Å²) in [6, 6.07) is 8.53. The first-order chi connectivity index (χ1) is 10.8. The molecule has 1 aromatic carbocycles. The molecule has 0 radical (unpaired) electrons. The Kier molecular flexibility index (Phi) is 3.35. The van der Waals surface area contributed by atoms with Gasteiger partial charge in [0, 0.05) is 63.1 Å². The van der Waals surface area contributed by atoms with E-state index in [4.69, 9.17) is 0 Å². The van der Waals surface area contributed by atoms with E-state index in [1.54, 1.807) is 0 Å². The highest BCUT2D eigenvalue weighted by atomic mass is 15.3. The van der Waals surface area contributed by atoms with E-state index in [0.717, 1.165) is 32.7 Å². The van der Waals surface area contributed by atoms with Crippen molar-refractivity contribution >= 4 is 16.6 Å². The van der Waals surface area contributed by atoms with Gasteiger partial charge in [0.05, 0.1) is 11.9 Å². The molecule has 0 saturated carbocycles. The maximum Gasteiger partial charge on any atom is 0.0753 e. The minimum absolute atomic E-state index is 1.02. The highest BCUT2D eigenvalue weighted by molar-refractivity contribution is 5.82. The molecule has 1 fully saturated rings. The van der Waals surface area contributed by atoms with Crippen LogP contribution in [0.5, 0.6) is 0 Å². The molecule has 114 valence electrons. The second-order valence-corrected chi connectivity index (χ2v) is 5.99. The summed E-state index contributed by atoms with van der Waals surface area (Å²) >= 11 is 0. The number of anilines is 1. The number of aromatic nitrogens is 3. The first-order valence-electron chi connectivity index (χ1n) is 7.80. The molecule has 3 aromatic rings. The molecule has 0 spiro atoms. The van der Waals surface area contributed by atoms with Crippen molar-refractivity contribution in [1.82, 2.24) is 19.7 Å². The van der Waals surface area contributed by atoms with Crippen LogP contribution in [0.1, 0.15) is 5.56 Å². The monoisotopic (exact) mass is 295 g/mol. The summed E-state index contributed by atoms with van der Waals surface area (Å²) in [4.78, 5) is 8.31. The van der Waals surface area contributed by atoms with Gasteiger partial charge in [-0.05, 0) is 11.6 Å². The van der Waals surface area contributed by atoms with Gasteiger partial charge in [-0.25, -0.2) is 0 Å².